The van der Waals surface area contributed by atoms with Crippen molar-refractivity contribution < 1.29 is 4.74 Å². The highest BCUT2D eigenvalue weighted by Crippen LogP contribution is 2.25. The number of fused-ring (bicyclic) bond motifs is 1. The summed E-state index contributed by atoms with van der Waals surface area (Å²) in [5.74, 6) is 7.87. The van der Waals surface area contributed by atoms with Crippen LogP contribution in [0.4, 0.5) is 5.69 Å². The van der Waals surface area contributed by atoms with Gasteiger partial charge in [-0.05, 0) is 87.3 Å². The number of nitrogens with one attached hydrogen (secondary N) is 1. The monoisotopic (exact) mass is 488 g/mol. The lowest BCUT2D eigenvalue weighted by Crippen LogP contribution is -2.16. The van der Waals surface area contributed by atoms with Gasteiger partial charge in [0, 0.05) is 36.5 Å². The molecule has 1 aliphatic heterocycles. The average Bonchev–Trinajstić information content (AvgIpc) is 3.23. The summed E-state index contributed by atoms with van der Waals surface area (Å²) in [6, 6.07) is 15.0. The number of alkyl halides is 1. The smallest absolute Gasteiger partial charge is 0.0937 e. The standard InChI is InChI=1S/C29H33ClN4O/c1-29(2,21-31)28-10-8-25(20-33-28)32-14-3-4-26-19-24-18-23(6-5-22-11-16-35-17-12-22)7-9-27(24)34(26)15-13-30/h7-10,18-20,22,32H,5-6,11-17H2,1-2H3. The maximum atomic E-state index is 9.27. The first-order valence-electron chi connectivity index (χ1n) is 12.4. The van der Waals surface area contributed by atoms with Crippen LogP contribution in [0.3, 0.4) is 0 Å². The van der Waals surface area contributed by atoms with Crippen LogP contribution in [-0.2, 0) is 23.1 Å². The Morgan fingerprint density at radius 3 is 2.74 bits per heavy atom. The molecule has 0 amide bonds. The minimum absolute atomic E-state index is 0.501. The molecule has 0 bridgehead atoms. The van der Waals surface area contributed by atoms with Gasteiger partial charge >= 0.3 is 0 Å². The molecule has 0 saturated carbocycles. The Bertz CT molecular complexity index is 1240. The molecule has 0 spiro atoms. The van der Waals surface area contributed by atoms with Gasteiger partial charge in [-0.15, -0.1) is 11.6 Å². The number of anilines is 1. The van der Waals surface area contributed by atoms with E-state index in [0.29, 0.717) is 12.4 Å². The topological polar surface area (TPSA) is 62.9 Å². The van der Waals surface area contributed by atoms with Gasteiger partial charge in [-0.3, -0.25) is 4.98 Å². The summed E-state index contributed by atoms with van der Waals surface area (Å²) < 4.78 is 7.70. The van der Waals surface area contributed by atoms with Crippen LogP contribution >= 0.6 is 11.6 Å². The third-order valence-electron chi connectivity index (χ3n) is 6.74. The van der Waals surface area contributed by atoms with Crippen molar-refractivity contribution in [2.24, 2.45) is 5.92 Å². The lowest BCUT2D eigenvalue weighted by molar-refractivity contribution is 0.0640. The second-order valence-corrected chi connectivity index (χ2v) is 10.1. The van der Waals surface area contributed by atoms with E-state index in [1.807, 2.05) is 26.0 Å². The van der Waals surface area contributed by atoms with E-state index in [2.05, 4.69) is 57.0 Å². The summed E-state index contributed by atoms with van der Waals surface area (Å²) in [5, 5.41) is 13.8. The molecule has 0 radical (unpaired) electrons. The van der Waals surface area contributed by atoms with Gasteiger partial charge in [-0.1, -0.05) is 12.0 Å². The van der Waals surface area contributed by atoms with Gasteiger partial charge in [0.1, 0.15) is 0 Å². The number of ether oxygens (including phenoxy) is 1. The molecule has 35 heavy (non-hydrogen) atoms. The number of rotatable bonds is 8. The Kier molecular flexibility index (Phi) is 8.34. The Morgan fingerprint density at radius 1 is 1.20 bits per heavy atom. The Hall–Kier alpha value is -2.99. The summed E-state index contributed by atoms with van der Waals surface area (Å²) in [6.45, 7) is 6.77. The number of aryl methyl sites for hydroxylation is 2. The first-order valence-corrected chi connectivity index (χ1v) is 12.9. The number of pyridine rings is 1. The largest absolute Gasteiger partial charge is 0.381 e. The zero-order chi connectivity index (χ0) is 24.7. The fourth-order valence-electron chi connectivity index (χ4n) is 4.52. The van der Waals surface area contributed by atoms with E-state index < -0.39 is 5.41 Å². The van der Waals surface area contributed by atoms with Crippen molar-refractivity contribution in [2.45, 2.75) is 51.5 Å². The Labute approximate surface area is 213 Å². The normalized spacial score (nSPS) is 14.3. The number of hydrogen-bond donors (Lipinski definition) is 1. The third-order valence-corrected chi connectivity index (χ3v) is 6.91. The predicted molar refractivity (Wildman–Crippen MR) is 143 cm³/mol. The molecule has 2 aromatic heterocycles. The summed E-state index contributed by atoms with van der Waals surface area (Å²) in [4.78, 5) is 4.42. The SMILES string of the molecule is CC(C)(C#N)c1ccc(NCC#Cc2cc3cc(CCC4CCOCC4)ccc3n2CCCl)cn1. The van der Waals surface area contributed by atoms with Gasteiger partial charge in [-0.2, -0.15) is 5.26 Å². The fourth-order valence-corrected chi connectivity index (χ4v) is 4.69. The molecule has 3 aromatic rings. The molecule has 0 unspecified atom stereocenters. The zero-order valence-corrected chi connectivity index (χ0v) is 21.4. The minimum atomic E-state index is -0.598. The summed E-state index contributed by atoms with van der Waals surface area (Å²) in [5.41, 5.74) is 4.58. The van der Waals surface area contributed by atoms with Crippen LogP contribution in [0, 0.1) is 29.1 Å². The molecule has 1 fully saturated rings. The number of halogens is 1. The molecule has 3 heterocycles. The fraction of sp³-hybridized carbons (Fsp3) is 0.448. The van der Waals surface area contributed by atoms with E-state index in [-0.39, 0.29) is 0 Å². The van der Waals surface area contributed by atoms with E-state index in [4.69, 9.17) is 16.3 Å². The maximum Gasteiger partial charge on any atom is 0.0937 e. The van der Waals surface area contributed by atoms with Crippen molar-refractivity contribution in [1.82, 2.24) is 9.55 Å². The lowest BCUT2D eigenvalue weighted by Gasteiger charge is -2.21. The molecule has 0 atom stereocenters. The van der Waals surface area contributed by atoms with Gasteiger partial charge in [0.2, 0.25) is 0 Å². The van der Waals surface area contributed by atoms with E-state index in [1.54, 1.807) is 6.20 Å². The van der Waals surface area contributed by atoms with Crippen LogP contribution in [0.1, 0.15) is 50.1 Å². The summed E-state index contributed by atoms with van der Waals surface area (Å²) >= 11 is 6.11. The van der Waals surface area contributed by atoms with Crippen molar-refractivity contribution in [3.63, 3.8) is 0 Å². The highest BCUT2D eigenvalue weighted by Gasteiger charge is 2.21. The first-order chi connectivity index (χ1) is 17.0. The maximum absolute atomic E-state index is 9.27. The van der Waals surface area contributed by atoms with Crippen molar-refractivity contribution in [2.75, 3.05) is 31.0 Å². The van der Waals surface area contributed by atoms with E-state index in [1.165, 1.54) is 35.7 Å². The molecular formula is C29H33ClN4O. The number of nitriles is 1. The van der Waals surface area contributed by atoms with Gasteiger partial charge in [0.15, 0.2) is 0 Å². The second kappa shape index (κ2) is 11.6. The summed E-state index contributed by atoms with van der Waals surface area (Å²) in [7, 11) is 0. The van der Waals surface area contributed by atoms with Crippen molar-refractivity contribution >= 4 is 28.2 Å². The average molecular weight is 489 g/mol. The van der Waals surface area contributed by atoms with E-state index >= 15 is 0 Å². The Morgan fingerprint density at radius 2 is 2.03 bits per heavy atom. The quantitative estimate of drug-likeness (QED) is 0.317. The molecule has 0 aliphatic carbocycles. The van der Waals surface area contributed by atoms with Crippen LogP contribution in [0.5, 0.6) is 0 Å². The van der Waals surface area contributed by atoms with Crippen LogP contribution in [-0.4, -0.2) is 35.2 Å². The van der Waals surface area contributed by atoms with E-state index in [0.717, 1.165) is 49.2 Å². The van der Waals surface area contributed by atoms with E-state index in [9.17, 15) is 5.26 Å². The first kappa shape index (κ1) is 25.1. The zero-order valence-electron chi connectivity index (χ0n) is 20.6. The molecule has 1 N–H and O–H groups in total. The van der Waals surface area contributed by atoms with Crippen LogP contribution in [0.25, 0.3) is 10.9 Å². The second-order valence-electron chi connectivity index (χ2n) is 9.68. The molecular weight excluding hydrogens is 456 g/mol. The molecule has 1 aliphatic rings. The number of nitrogens with zero attached hydrogens (tertiary/aromatic N) is 3. The number of hydrogen-bond acceptors (Lipinski definition) is 4. The van der Waals surface area contributed by atoms with Crippen molar-refractivity contribution in [3.8, 4) is 17.9 Å². The third kappa shape index (κ3) is 6.37. The highest BCUT2D eigenvalue weighted by molar-refractivity contribution is 6.17. The van der Waals surface area contributed by atoms with Gasteiger partial charge in [-0.25, -0.2) is 0 Å². The minimum Gasteiger partial charge on any atom is -0.381 e. The van der Waals surface area contributed by atoms with Crippen molar-refractivity contribution in [3.05, 3.63) is 59.5 Å². The lowest BCUT2D eigenvalue weighted by atomic mass is 9.91. The molecule has 182 valence electrons. The van der Waals surface area contributed by atoms with Crippen LogP contribution in [0.2, 0.25) is 0 Å². The number of aromatic nitrogens is 2. The van der Waals surface area contributed by atoms with Crippen LogP contribution in [0.15, 0.2) is 42.6 Å². The van der Waals surface area contributed by atoms with Gasteiger partial charge < -0.3 is 14.6 Å². The van der Waals surface area contributed by atoms with Crippen LogP contribution < -0.4 is 5.32 Å². The highest BCUT2D eigenvalue weighted by atomic mass is 35.5. The van der Waals surface area contributed by atoms with Crippen molar-refractivity contribution in [1.29, 1.82) is 5.26 Å². The molecule has 1 saturated heterocycles. The molecule has 5 nitrogen and oxygen atoms in total. The Balaban J connectivity index is 1.42. The number of benzene rings is 1. The van der Waals surface area contributed by atoms with Gasteiger partial charge in [0.25, 0.3) is 0 Å². The predicted octanol–water partition coefficient (Wildman–Crippen LogP) is 5.90. The summed E-state index contributed by atoms with van der Waals surface area (Å²) in [6.07, 6.45) is 6.44. The molecule has 4 rings (SSSR count). The molecule has 6 heteroatoms. The van der Waals surface area contributed by atoms with Gasteiger partial charge in [0.05, 0.1) is 41.3 Å². The molecule has 1 aromatic carbocycles.